The van der Waals surface area contributed by atoms with Crippen LogP contribution in [-0.2, 0) is 6.42 Å². The highest BCUT2D eigenvalue weighted by molar-refractivity contribution is 6.18. The second kappa shape index (κ2) is 8.39. The van der Waals surface area contributed by atoms with Gasteiger partial charge in [-0.2, -0.15) is 0 Å². The minimum atomic E-state index is -0.132. The molecule has 0 aromatic heterocycles. The third-order valence-electron chi connectivity index (χ3n) is 3.36. The number of rotatable bonds is 7. The topological polar surface area (TPSA) is 46.5 Å². The van der Waals surface area contributed by atoms with Gasteiger partial charge in [-0.3, -0.25) is 4.79 Å². The summed E-state index contributed by atoms with van der Waals surface area (Å²) in [5.74, 6) is 1.16. The number of aryl methyl sites for hydroxylation is 1. The van der Waals surface area contributed by atoms with Gasteiger partial charge in [0.25, 0.3) is 0 Å². The first-order valence-electron chi connectivity index (χ1n) is 7.47. The first-order valence-corrected chi connectivity index (χ1v) is 8.01. The van der Waals surface area contributed by atoms with Crippen LogP contribution in [0.15, 0.2) is 48.5 Å². The Morgan fingerprint density at radius 1 is 1.26 bits per heavy atom. The Bertz CT molecular complexity index is 708. The van der Waals surface area contributed by atoms with Crippen molar-refractivity contribution in [2.24, 2.45) is 0 Å². The molecule has 0 aliphatic heterocycles. The molecule has 0 radical (unpaired) electrons. The number of aromatic hydroxyl groups is 1. The van der Waals surface area contributed by atoms with Crippen molar-refractivity contribution in [3.05, 3.63) is 65.2 Å². The van der Waals surface area contributed by atoms with Crippen molar-refractivity contribution in [2.75, 3.05) is 12.5 Å². The molecule has 3 nitrogen and oxygen atoms in total. The molecule has 1 N–H and O–H groups in total. The van der Waals surface area contributed by atoms with Gasteiger partial charge in [-0.25, -0.2) is 0 Å². The van der Waals surface area contributed by atoms with Crippen molar-refractivity contribution >= 4 is 23.5 Å². The van der Waals surface area contributed by atoms with Crippen molar-refractivity contribution in [1.82, 2.24) is 0 Å². The lowest BCUT2D eigenvalue weighted by Gasteiger charge is -2.06. The first kappa shape index (κ1) is 17.1. The number of carbonyl (C=O) groups excluding carboxylic acids is 1. The van der Waals surface area contributed by atoms with E-state index in [0.717, 1.165) is 11.3 Å². The van der Waals surface area contributed by atoms with Gasteiger partial charge in [0.15, 0.2) is 5.78 Å². The van der Waals surface area contributed by atoms with Crippen LogP contribution in [0.25, 0.3) is 6.08 Å². The number of hydrogen-bond donors (Lipinski definition) is 1. The second-order valence-electron chi connectivity index (χ2n) is 4.95. The molecule has 0 saturated heterocycles. The van der Waals surface area contributed by atoms with Crippen molar-refractivity contribution in [3.63, 3.8) is 0 Å². The highest BCUT2D eigenvalue weighted by atomic mass is 35.5. The zero-order valence-corrected chi connectivity index (χ0v) is 13.7. The van der Waals surface area contributed by atoms with E-state index in [9.17, 15) is 9.90 Å². The molecule has 0 spiro atoms. The van der Waals surface area contributed by atoms with Gasteiger partial charge in [0.2, 0.25) is 0 Å². The van der Waals surface area contributed by atoms with E-state index in [2.05, 4.69) is 0 Å². The number of benzene rings is 2. The summed E-state index contributed by atoms with van der Waals surface area (Å²) in [6.07, 6.45) is 3.77. The standard InChI is InChI=1S/C19H19ClO3/c1-2-23-19-6-4-3-5-14(19)7-9-17(21)15-8-10-18(22)16(13-15)11-12-20/h3-10,13,22H,2,11-12H2,1H3/b9-7-. The molecule has 0 heterocycles. The van der Waals surface area contributed by atoms with Crippen LogP contribution in [0.1, 0.15) is 28.4 Å². The predicted molar refractivity (Wildman–Crippen MR) is 93.5 cm³/mol. The summed E-state index contributed by atoms with van der Waals surface area (Å²) < 4.78 is 5.53. The molecule has 0 saturated carbocycles. The highest BCUT2D eigenvalue weighted by Crippen LogP contribution is 2.22. The smallest absolute Gasteiger partial charge is 0.185 e. The molecule has 0 bridgehead atoms. The van der Waals surface area contributed by atoms with Crippen molar-refractivity contribution < 1.29 is 14.6 Å². The molecular formula is C19H19ClO3. The van der Waals surface area contributed by atoms with E-state index in [1.165, 1.54) is 12.1 Å². The molecule has 4 heteroatoms. The molecule has 0 amide bonds. The first-order chi connectivity index (χ1) is 11.2. The Kier molecular flexibility index (Phi) is 6.24. The molecule has 0 aliphatic rings. The van der Waals surface area contributed by atoms with Crippen LogP contribution in [-0.4, -0.2) is 23.4 Å². The van der Waals surface area contributed by atoms with Gasteiger partial charge < -0.3 is 9.84 Å². The normalized spacial score (nSPS) is 10.9. The summed E-state index contributed by atoms with van der Waals surface area (Å²) in [6.45, 7) is 2.49. The fourth-order valence-electron chi connectivity index (χ4n) is 2.21. The molecule has 0 atom stereocenters. The van der Waals surface area contributed by atoms with Crippen LogP contribution in [0.5, 0.6) is 11.5 Å². The number of para-hydroxylation sites is 1. The second-order valence-corrected chi connectivity index (χ2v) is 5.33. The maximum atomic E-state index is 12.3. The Morgan fingerprint density at radius 3 is 2.78 bits per heavy atom. The van der Waals surface area contributed by atoms with E-state index in [0.29, 0.717) is 30.0 Å². The number of ketones is 1. The van der Waals surface area contributed by atoms with E-state index < -0.39 is 0 Å². The summed E-state index contributed by atoms with van der Waals surface area (Å²) in [5.41, 5.74) is 2.05. The number of alkyl halides is 1. The van der Waals surface area contributed by atoms with Gasteiger partial charge in [-0.05, 0) is 55.3 Å². The molecular weight excluding hydrogens is 312 g/mol. The summed E-state index contributed by atoms with van der Waals surface area (Å²) in [4.78, 5) is 12.3. The Morgan fingerprint density at radius 2 is 2.04 bits per heavy atom. The lowest BCUT2D eigenvalue weighted by atomic mass is 10.0. The molecule has 2 aromatic rings. The third kappa shape index (κ3) is 4.60. The number of ether oxygens (including phenoxy) is 1. The lowest BCUT2D eigenvalue weighted by Crippen LogP contribution is -1.98. The van der Waals surface area contributed by atoms with Gasteiger partial charge in [0, 0.05) is 17.0 Å². The van der Waals surface area contributed by atoms with Gasteiger partial charge in [0.05, 0.1) is 6.61 Å². The van der Waals surface area contributed by atoms with Crippen molar-refractivity contribution in [3.8, 4) is 11.5 Å². The molecule has 120 valence electrons. The van der Waals surface area contributed by atoms with Gasteiger partial charge in [-0.1, -0.05) is 18.2 Å². The summed E-state index contributed by atoms with van der Waals surface area (Å²) in [6, 6.07) is 12.4. The fourth-order valence-corrected chi connectivity index (χ4v) is 2.41. The highest BCUT2D eigenvalue weighted by Gasteiger charge is 2.07. The Labute approximate surface area is 141 Å². The number of phenolic OH excluding ortho intramolecular Hbond substituents is 1. The molecule has 2 rings (SSSR count). The van der Waals surface area contributed by atoms with Crippen LogP contribution in [0.3, 0.4) is 0 Å². The zero-order chi connectivity index (χ0) is 16.7. The number of allylic oxidation sites excluding steroid dienone is 1. The minimum absolute atomic E-state index is 0.132. The molecule has 23 heavy (non-hydrogen) atoms. The van der Waals surface area contributed by atoms with E-state index in [1.807, 2.05) is 31.2 Å². The number of carbonyl (C=O) groups is 1. The Balaban J connectivity index is 2.20. The summed E-state index contributed by atoms with van der Waals surface area (Å²) >= 11 is 5.70. The molecule has 0 fully saturated rings. The van der Waals surface area contributed by atoms with E-state index in [1.54, 1.807) is 18.2 Å². The predicted octanol–water partition coefficient (Wildman–Crippen LogP) is 4.47. The molecule has 0 aliphatic carbocycles. The minimum Gasteiger partial charge on any atom is -0.508 e. The lowest BCUT2D eigenvalue weighted by molar-refractivity contribution is 0.104. The van der Waals surface area contributed by atoms with Crippen LogP contribution < -0.4 is 4.74 Å². The van der Waals surface area contributed by atoms with Crippen LogP contribution >= 0.6 is 11.6 Å². The number of phenols is 1. The Hall–Kier alpha value is -2.26. The monoisotopic (exact) mass is 330 g/mol. The largest absolute Gasteiger partial charge is 0.508 e. The average Bonchev–Trinajstić information content (AvgIpc) is 2.56. The van der Waals surface area contributed by atoms with Crippen LogP contribution in [0, 0.1) is 0 Å². The van der Waals surface area contributed by atoms with Gasteiger partial charge >= 0.3 is 0 Å². The summed E-state index contributed by atoms with van der Waals surface area (Å²) in [7, 11) is 0. The van der Waals surface area contributed by atoms with Gasteiger partial charge in [0.1, 0.15) is 11.5 Å². The maximum absolute atomic E-state index is 12.3. The number of halogens is 1. The maximum Gasteiger partial charge on any atom is 0.185 e. The third-order valence-corrected chi connectivity index (χ3v) is 3.55. The van der Waals surface area contributed by atoms with Crippen LogP contribution in [0.4, 0.5) is 0 Å². The van der Waals surface area contributed by atoms with E-state index in [4.69, 9.17) is 16.3 Å². The van der Waals surface area contributed by atoms with E-state index in [-0.39, 0.29) is 11.5 Å². The molecule has 0 unspecified atom stereocenters. The van der Waals surface area contributed by atoms with Crippen molar-refractivity contribution in [1.29, 1.82) is 0 Å². The van der Waals surface area contributed by atoms with E-state index >= 15 is 0 Å². The SMILES string of the molecule is CCOc1ccccc1/C=C\C(=O)c1ccc(O)c(CCCl)c1. The van der Waals surface area contributed by atoms with Crippen molar-refractivity contribution in [2.45, 2.75) is 13.3 Å². The molecule has 2 aromatic carbocycles. The average molecular weight is 331 g/mol. The quantitative estimate of drug-likeness (QED) is 0.463. The van der Waals surface area contributed by atoms with Gasteiger partial charge in [-0.15, -0.1) is 11.6 Å². The van der Waals surface area contributed by atoms with Crippen LogP contribution in [0.2, 0.25) is 0 Å². The summed E-state index contributed by atoms with van der Waals surface area (Å²) in [5, 5.41) is 9.75. The fraction of sp³-hybridized carbons (Fsp3) is 0.211. The number of hydrogen-bond acceptors (Lipinski definition) is 3. The zero-order valence-electron chi connectivity index (χ0n) is 13.0.